The number of hydrogen-bond donors (Lipinski definition) is 1. The Morgan fingerprint density at radius 1 is 1.33 bits per heavy atom. The quantitative estimate of drug-likeness (QED) is 0.750. The minimum atomic E-state index is 0.409. The van der Waals surface area contributed by atoms with Gasteiger partial charge in [-0.25, -0.2) is 0 Å². The number of likely N-dealkylation sites (N-methyl/N-ethyl adjacent to an activating group) is 1. The van der Waals surface area contributed by atoms with Crippen LogP contribution in [0.1, 0.15) is 20.3 Å². The third-order valence-electron chi connectivity index (χ3n) is 2.95. The van der Waals surface area contributed by atoms with E-state index in [-0.39, 0.29) is 0 Å². The summed E-state index contributed by atoms with van der Waals surface area (Å²) in [7, 11) is 4.30. The Balaban J connectivity index is 2.39. The molecular weight excluding hydrogens is 186 g/mol. The van der Waals surface area contributed by atoms with Crippen LogP contribution in [0.25, 0.3) is 0 Å². The van der Waals surface area contributed by atoms with Crippen LogP contribution in [-0.2, 0) is 0 Å². The Morgan fingerprint density at radius 2 is 2.07 bits per heavy atom. The second kappa shape index (κ2) is 5.83. The lowest BCUT2D eigenvalue weighted by atomic mass is 9.91. The smallest absolute Gasteiger partial charge is 0.0109 e. The van der Waals surface area contributed by atoms with Crippen molar-refractivity contribution < 1.29 is 0 Å². The third kappa shape index (κ3) is 5.50. The number of hydrogen-bond acceptors (Lipinski definition) is 3. The van der Waals surface area contributed by atoms with Crippen molar-refractivity contribution in [3.63, 3.8) is 0 Å². The first-order chi connectivity index (χ1) is 6.99. The molecule has 90 valence electrons. The van der Waals surface area contributed by atoms with E-state index in [1.54, 1.807) is 0 Å². The maximum atomic E-state index is 3.53. The zero-order chi connectivity index (χ0) is 11.3. The minimum absolute atomic E-state index is 0.409. The molecule has 1 heterocycles. The maximum Gasteiger partial charge on any atom is 0.0109 e. The summed E-state index contributed by atoms with van der Waals surface area (Å²) in [5.74, 6) is 0. The number of nitrogens with one attached hydrogen (secondary N) is 1. The highest BCUT2D eigenvalue weighted by Gasteiger charge is 2.22. The third-order valence-corrected chi connectivity index (χ3v) is 2.95. The molecule has 1 aliphatic rings. The summed E-state index contributed by atoms with van der Waals surface area (Å²) in [4.78, 5) is 4.88. The van der Waals surface area contributed by atoms with Gasteiger partial charge in [0.25, 0.3) is 0 Å². The SMILES string of the molecule is CN(C)CCN1CCCNCC(C)(C)C1. The predicted octanol–water partition coefficient (Wildman–Crippen LogP) is 0.869. The average molecular weight is 213 g/mol. The molecule has 0 spiro atoms. The van der Waals surface area contributed by atoms with E-state index in [0.717, 1.165) is 6.54 Å². The van der Waals surface area contributed by atoms with E-state index >= 15 is 0 Å². The molecule has 3 nitrogen and oxygen atoms in total. The van der Waals surface area contributed by atoms with Gasteiger partial charge in [-0.05, 0) is 39.0 Å². The zero-order valence-corrected chi connectivity index (χ0v) is 10.8. The molecule has 0 aromatic carbocycles. The fourth-order valence-electron chi connectivity index (χ4n) is 2.13. The second-order valence-corrected chi connectivity index (χ2v) is 5.77. The van der Waals surface area contributed by atoms with Crippen LogP contribution in [0.5, 0.6) is 0 Å². The molecule has 0 radical (unpaired) electrons. The first-order valence-electron chi connectivity index (χ1n) is 6.07. The van der Waals surface area contributed by atoms with Crippen molar-refractivity contribution in [1.82, 2.24) is 15.1 Å². The Bertz CT molecular complexity index is 178. The molecule has 1 N–H and O–H groups in total. The molecular formula is C12H27N3. The lowest BCUT2D eigenvalue weighted by molar-refractivity contribution is 0.147. The number of rotatable bonds is 3. The van der Waals surface area contributed by atoms with Gasteiger partial charge < -0.3 is 15.1 Å². The van der Waals surface area contributed by atoms with Gasteiger partial charge in [-0.1, -0.05) is 13.8 Å². The molecule has 0 atom stereocenters. The summed E-state index contributed by atoms with van der Waals surface area (Å²) in [6.45, 7) is 11.9. The molecule has 15 heavy (non-hydrogen) atoms. The normalized spacial score (nSPS) is 23.8. The second-order valence-electron chi connectivity index (χ2n) is 5.77. The molecule has 0 bridgehead atoms. The first-order valence-corrected chi connectivity index (χ1v) is 6.07. The highest BCUT2D eigenvalue weighted by atomic mass is 15.2. The fraction of sp³-hybridized carbons (Fsp3) is 1.00. The molecule has 1 saturated heterocycles. The van der Waals surface area contributed by atoms with E-state index in [4.69, 9.17) is 0 Å². The highest BCUT2D eigenvalue weighted by Crippen LogP contribution is 2.17. The van der Waals surface area contributed by atoms with E-state index in [1.807, 2.05) is 0 Å². The molecule has 0 saturated carbocycles. The topological polar surface area (TPSA) is 18.5 Å². The molecule has 1 fully saturated rings. The standard InChI is InChI=1S/C12H27N3/c1-12(2)10-13-6-5-7-15(11-12)9-8-14(3)4/h13H,5-11H2,1-4H3. The Morgan fingerprint density at radius 3 is 2.73 bits per heavy atom. The van der Waals surface area contributed by atoms with Crippen LogP contribution >= 0.6 is 0 Å². The average Bonchev–Trinajstić information content (AvgIpc) is 2.09. The van der Waals surface area contributed by atoms with Crippen molar-refractivity contribution >= 4 is 0 Å². The minimum Gasteiger partial charge on any atom is -0.316 e. The van der Waals surface area contributed by atoms with Gasteiger partial charge in [0.1, 0.15) is 0 Å². The molecule has 0 unspecified atom stereocenters. The van der Waals surface area contributed by atoms with Crippen molar-refractivity contribution in [3.05, 3.63) is 0 Å². The van der Waals surface area contributed by atoms with Gasteiger partial charge in [0, 0.05) is 26.2 Å². The predicted molar refractivity (Wildman–Crippen MR) is 66.3 cm³/mol. The van der Waals surface area contributed by atoms with Gasteiger partial charge in [-0.15, -0.1) is 0 Å². The van der Waals surface area contributed by atoms with E-state index < -0.39 is 0 Å². The summed E-state index contributed by atoms with van der Waals surface area (Å²) in [5.41, 5.74) is 0.409. The fourth-order valence-corrected chi connectivity index (χ4v) is 2.13. The maximum absolute atomic E-state index is 3.53. The molecule has 0 amide bonds. The Labute approximate surface area is 94.8 Å². The van der Waals surface area contributed by atoms with Crippen LogP contribution in [0.2, 0.25) is 0 Å². The highest BCUT2D eigenvalue weighted by molar-refractivity contribution is 4.79. The van der Waals surface area contributed by atoms with Crippen molar-refractivity contribution in [1.29, 1.82) is 0 Å². The largest absolute Gasteiger partial charge is 0.316 e. The summed E-state index contributed by atoms with van der Waals surface area (Å²) in [5, 5.41) is 3.53. The van der Waals surface area contributed by atoms with Gasteiger partial charge in [0.15, 0.2) is 0 Å². The summed E-state index contributed by atoms with van der Waals surface area (Å²) < 4.78 is 0. The van der Waals surface area contributed by atoms with Crippen molar-refractivity contribution in [2.45, 2.75) is 20.3 Å². The van der Waals surface area contributed by atoms with Gasteiger partial charge >= 0.3 is 0 Å². The molecule has 1 aliphatic heterocycles. The van der Waals surface area contributed by atoms with Crippen molar-refractivity contribution in [2.24, 2.45) is 5.41 Å². The van der Waals surface area contributed by atoms with Crippen LogP contribution in [-0.4, -0.2) is 63.2 Å². The van der Waals surface area contributed by atoms with Crippen LogP contribution in [0, 0.1) is 5.41 Å². The first kappa shape index (κ1) is 12.9. The van der Waals surface area contributed by atoms with Crippen LogP contribution in [0.3, 0.4) is 0 Å². The molecule has 0 aromatic heterocycles. The summed E-state index contributed by atoms with van der Waals surface area (Å²) >= 11 is 0. The van der Waals surface area contributed by atoms with E-state index in [1.165, 1.54) is 39.1 Å². The summed E-state index contributed by atoms with van der Waals surface area (Å²) in [6, 6.07) is 0. The van der Waals surface area contributed by atoms with Gasteiger partial charge in [-0.3, -0.25) is 0 Å². The Hall–Kier alpha value is -0.120. The van der Waals surface area contributed by atoms with Crippen LogP contribution < -0.4 is 5.32 Å². The van der Waals surface area contributed by atoms with E-state index in [2.05, 4.69) is 43.1 Å². The van der Waals surface area contributed by atoms with Gasteiger partial charge in [0.05, 0.1) is 0 Å². The molecule has 0 aliphatic carbocycles. The van der Waals surface area contributed by atoms with Crippen molar-refractivity contribution in [2.75, 3.05) is 53.4 Å². The molecule has 3 heteroatoms. The van der Waals surface area contributed by atoms with Gasteiger partial charge in [-0.2, -0.15) is 0 Å². The molecule has 1 rings (SSSR count). The lowest BCUT2D eigenvalue weighted by Crippen LogP contribution is -2.46. The number of nitrogens with zero attached hydrogens (tertiary/aromatic N) is 2. The van der Waals surface area contributed by atoms with Crippen LogP contribution in [0.4, 0.5) is 0 Å². The van der Waals surface area contributed by atoms with Gasteiger partial charge in [0.2, 0.25) is 0 Å². The van der Waals surface area contributed by atoms with E-state index in [9.17, 15) is 0 Å². The molecule has 0 aromatic rings. The lowest BCUT2D eigenvalue weighted by Gasteiger charge is -2.35. The summed E-state index contributed by atoms with van der Waals surface area (Å²) in [6.07, 6.45) is 1.28. The van der Waals surface area contributed by atoms with E-state index in [0.29, 0.717) is 5.41 Å². The zero-order valence-electron chi connectivity index (χ0n) is 10.8. The monoisotopic (exact) mass is 213 g/mol. The Kier molecular flexibility index (Phi) is 5.03. The van der Waals surface area contributed by atoms with Crippen LogP contribution in [0.15, 0.2) is 0 Å². The van der Waals surface area contributed by atoms with Crippen molar-refractivity contribution in [3.8, 4) is 0 Å².